The van der Waals surface area contributed by atoms with Gasteiger partial charge in [-0.2, -0.15) is 20.7 Å². The van der Waals surface area contributed by atoms with E-state index in [4.69, 9.17) is 11.5 Å². The summed E-state index contributed by atoms with van der Waals surface area (Å²) in [7, 11) is 8.09. The third-order valence-electron chi connectivity index (χ3n) is 10.3. The van der Waals surface area contributed by atoms with Crippen LogP contribution in [0.1, 0.15) is 71.3 Å². The van der Waals surface area contributed by atoms with Crippen LogP contribution < -0.4 is 22.1 Å². The number of rotatable bonds is 10. The standard InChI is InChI=1S/2C19H23FN6O/c2*1-25(2)15-8-3-12(10-21)17(9-15)26-11-16(18(22)27)19(24-26)23-14-6-4-13(20)5-7-14/h2*4-7,11-12,15,17H,3,8-9H2,1-2H3,(H2,22,27)(H,23,24)/t12-,15+,17+;12-,15-,17+/m11/s1. The van der Waals surface area contributed by atoms with Crippen LogP contribution in [0.2, 0.25) is 0 Å². The van der Waals surface area contributed by atoms with Gasteiger partial charge in [0.15, 0.2) is 11.6 Å². The number of halogens is 2. The molecule has 2 saturated carbocycles. The third kappa shape index (κ3) is 9.38. The highest BCUT2D eigenvalue weighted by Gasteiger charge is 2.35. The summed E-state index contributed by atoms with van der Waals surface area (Å²) in [4.78, 5) is 28.1. The molecule has 2 fully saturated rings. The molecule has 2 amide bonds. The van der Waals surface area contributed by atoms with E-state index in [9.17, 15) is 28.9 Å². The maximum Gasteiger partial charge on any atom is 0.254 e. The first-order chi connectivity index (χ1) is 25.8. The monoisotopic (exact) mass is 740 g/mol. The van der Waals surface area contributed by atoms with E-state index < -0.39 is 11.8 Å². The Labute approximate surface area is 313 Å². The zero-order chi connectivity index (χ0) is 39.1. The Hall–Kier alpha value is -5.84. The molecule has 6 atom stereocenters. The highest BCUT2D eigenvalue weighted by atomic mass is 19.1. The van der Waals surface area contributed by atoms with Crippen molar-refractivity contribution >= 4 is 34.8 Å². The number of carbonyl (C=O) groups excluding carboxylic acids is 2. The highest BCUT2D eigenvalue weighted by Crippen LogP contribution is 2.37. The second-order valence-electron chi connectivity index (χ2n) is 14.2. The molecule has 2 aromatic carbocycles. The number of carbonyl (C=O) groups is 2. The van der Waals surface area contributed by atoms with E-state index in [1.807, 2.05) is 28.2 Å². The lowest BCUT2D eigenvalue weighted by Crippen LogP contribution is -2.37. The molecule has 0 radical (unpaired) electrons. The summed E-state index contributed by atoms with van der Waals surface area (Å²) in [5.41, 5.74) is 12.7. The van der Waals surface area contributed by atoms with Crippen molar-refractivity contribution < 1.29 is 18.4 Å². The molecule has 0 bridgehead atoms. The summed E-state index contributed by atoms with van der Waals surface area (Å²) in [6.45, 7) is 0. The lowest BCUT2D eigenvalue weighted by Gasteiger charge is -2.36. The Bertz CT molecular complexity index is 1850. The van der Waals surface area contributed by atoms with Crippen LogP contribution in [0.25, 0.3) is 0 Å². The van der Waals surface area contributed by atoms with Crippen LogP contribution in [-0.4, -0.2) is 81.4 Å². The Morgan fingerprint density at radius 2 is 1.04 bits per heavy atom. The van der Waals surface area contributed by atoms with Crippen LogP contribution in [0.3, 0.4) is 0 Å². The number of amides is 2. The minimum absolute atomic E-state index is 0.141. The van der Waals surface area contributed by atoms with Gasteiger partial charge >= 0.3 is 0 Å². The Morgan fingerprint density at radius 3 is 1.33 bits per heavy atom. The predicted molar refractivity (Wildman–Crippen MR) is 200 cm³/mol. The number of hydrogen-bond donors (Lipinski definition) is 4. The van der Waals surface area contributed by atoms with Crippen LogP contribution in [0.5, 0.6) is 0 Å². The number of nitriles is 2. The van der Waals surface area contributed by atoms with Crippen molar-refractivity contribution in [3.8, 4) is 12.1 Å². The molecule has 14 nitrogen and oxygen atoms in total. The van der Waals surface area contributed by atoms with Gasteiger partial charge < -0.3 is 31.9 Å². The number of hydrogen-bond acceptors (Lipinski definition) is 10. The van der Waals surface area contributed by atoms with E-state index in [1.165, 1.54) is 24.3 Å². The molecule has 6 N–H and O–H groups in total. The fourth-order valence-electron chi connectivity index (χ4n) is 7.08. The van der Waals surface area contributed by atoms with Crippen LogP contribution in [0, 0.1) is 46.1 Å². The Kier molecular flexibility index (Phi) is 12.6. The number of anilines is 4. The minimum atomic E-state index is -0.612. The number of benzene rings is 2. The molecule has 0 saturated heterocycles. The van der Waals surface area contributed by atoms with Gasteiger partial charge in [-0.05, 0) is 115 Å². The molecule has 16 heteroatoms. The number of nitrogens with zero attached hydrogens (tertiary/aromatic N) is 8. The largest absolute Gasteiger partial charge is 0.365 e. The van der Waals surface area contributed by atoms with Gasteiger partial charge in [0.2, 0.25) is 0 Å². The van der Waals surface area contributed by atoms with E-state index in [-0.39, 0.29) is 46.7 Å². The first kappa shape index (κ1) is 39.4. The zero-order valence-electron chi connectivity index (χ0n) is 30.8. The van der Waals surface area contributed by atoms with Crippen LogP contribution >= 0.6 is 0 Å². The van der Waals surface area contributed by atoms with Crippen molar-refractivity contribution in [3.05, 3.63) is 83.7 Å². The molecular formula is C38H46F2N12O2. The summed E-state index contributed by atoms with van der Waals surface area (Å²) < 4.78 is 29.6. The summed E-state index contributed by atoms with van der Waals surface area (Å²) >= 11 is 0. The van der Waals surface area contributed by atoms with Gasteiger partial charge in [0.25, 0.3) is 11.8 Å². The van der Waals surface area contributed by atoms with E-state index >= 15 is 0 Å². The van der Waals surface area contributed by atoms with Crippen molar-refractivity contribution in [2.75, 3.05) is 38.8 Å². The van der Waals surface area contributed by atoms with Gasteiger partial charge in [-0.25, -0.2) is 8.78 Å². The van der Waals surface area contributed by atoms with Gasteiger partial charge in [-0.1, -0.05) is 0 Å². The fourth-order valence-corrected chi connectivity index (χ4v) is 7.08. The zero-order valence-corrected chi connectivity index (χ0v) is 30.8. The topological polar surface area (TPSA) is 200 Å². The maximum absolute atomic E-state index is 13.1. The molecule has 284 valence electrons. The van der Waals surface area contributed by atoms with Gasteiger partial charge in [0, 0.05) is 35.9 Å². The predicted octanol–water partition coefficient (Wildman–Crippen LogP) is 5.32. The molecule has 2 heterocycles. The Balaban J connectivity index is 0.000000208. The average Bonchev–Trinajstić information content (AvgIpc) is 3.78. The van der Waals surface area contributed by atoms with E-state index in [0.29, 0.717) is 35.1 Å². The summed E-state index contributed by atoms with van der Waals surface area (Å²) in [5.74, 6) is -1.68. The number of nitrogens with two attached hydrogens (primary N) is 2. The highest BCUT2D eigenvalue weighted by molar-refractivity contribution is 5.98. The van der Waals surface area contributed by atoms with Gasteiger partial charge in [0.05, 0.1) is 36.1 Å². The Morgan fingerprint density at radius 1 is 0.685 bits per heavy atom. The molecule has 0 unspecified atom stereocenters. The van der Waals surface area contributed by atoms with Crippen molar-refractivity contribution in [1.82, 2.24) is 29.4 Å². The average molecular weight is 741 g/mol. The van der Waals surface area contributed by atoms with Crippen molar-refractivity contribution in [3.63, 3.8) is 0 Å². The lowest BCUT2D eigenvalue weighted by atomic mass is 9.82. The van der Waals surface area contributed by atoms with Crippen LogP contribution in [0.15, 0.2) is 60.9 Å². The summed E-state index contributed by atoms with van der Waals surface area (Å²) in [6, 6.07) is 16.6. The molecule has 2 aliphatic carbocycles. The lowest BCUT2D eigenvalue weighted by molar-refractivity contribution is 0.0992. The molecule has 6 rings (SSSR count). The second kappa shape index (κ2) is 17.3. The summed E-state index contributed by atoms with van der Waals surface area (Å²) in [5, 5.41) is 34.1. The SMILES string of the molecule is CN(C)[C@@H]1CC[C@H](C#N)[C@@H](n2cc(C(N)=O)c(Nc3ccc(F)cc3)n2)C1.CN(C)[C@H]1CC[C@H](C#N)[C@@H](n2cc(C(N)=O)c(Nc3ccc(F)cc3)n2)C1. The minimum Gasteiger partial charge on any atom is -0.365 e. The van der Waals surface area contributed by atoms with Crippen molar-refractivity contribution in [2.45, 2.75) is 62.7 Å². The van der Waals surface area contributed by atoms with Crippen molar-refractivity contribution in [1.29, 1.82) is 10.5 Å². The van der Waals surface area contributed by atoms with Gasteiger partial charge in [0.1, 0.15) is 22.8 Å². The van der Waals surface area contributed by atoms with Gasteiger partial charge in [-0.15, -0.1) is 0 Å². The molecule has 54 heavy (non-hydrogen) atoms. The van der Waals surface area contributed by atoms with E-state index in [1.54, 1.807) is 46.0 Å². The van der Waals surface area contributed by atoms with Crippen LogP contribution in [0.4, 0.5) is 31.8 Å². The van der Waals surface area contributed by atoms with E-state index in [0.717, 1.165) is 38.5 Å². The molecule has 0 aliphatic heterocycles. The quantitative estimate of drug-likeness (QED) is 0.165. The molecular weight excluding hydrogens is 694 g/mol. The first-order valence-corrected chi connectivity index (χ1v) is 17.7. The maximum atomic E-state index is 13.1. The molecule has 4 aromatic rings. The summed E-state index contributed by atoms with van der Waals surface area (Å²) in [6.07, 6.45) is 8.18. The van der Waals surface area contributed by atoms with Crippen molar-refractivity contribution in [2.24, 2.45) is 23.3 Å². The second-order valence-corrected chi connectivity index (χ2v) is 14.2. The smallest absolute Gasteiger partial charge is 0.254 e. The first-order valence-electron chi connectivity index (χ1n) is 17.7. The van der Waals surface area contributed by atoms with E-state index in [2.05, 4.69) is 42.8 Å². The van der Waals surface area contributed by atoms with Gasteiger partial charge in [-0.3, -0.25) is 19.0 Å². The molecule has 2 aliphatic rings. The number of nitrogens with one attached hydrogen (secondary N) is 2. The fraction of sp³-hybridized carbons (Fsp3) is 0.421. The third-order valence-corrected chi connectivity index (χ3v) is 10.3. The van der Waals surface area contributed by atoms with Crippen LogP contribution in [-0.2, 0) is 0 Å². The number of aromatic nitrogens is 4. The number of primary amides is 2. The molecule has 2 aromatic heterocycles. The normalized spacial score (nSPS) is 22.4. The molecule has 0 spiro atoms.